The molecular weight excluding hydrogens is 244 g/mol. The van der Waals surface area contributed by atoms with Gasteiger partial charge in [0, 0.05) is 12.1 Å². The van der Waals surface area contributed by atoms with Crippen molar-refractivity contribution >= 4 is 40.0 Å². The van der Waals surface area contributed by atoms with Gasteiger partial charge in [-0.1, -0.05) is 11.6 Å². The number of nitrogens with zero attached hydrogens (tertiary/aromatic N) is 2. The fourth-order valence-corrected chi connectivity index (χ4v) is 2.70. The van der Waals surface area contributed by atoms with Crippen molar-refractivity contribution in [2.24, 2.45) is 5.73 Å². The van der Waals surface area contributed by atoms with Gasteiger partial charge >= 0.3 is 0 Å². The van der Waals surface area contributed by atoms with Crippen molar-refractivity contribution in [3.8, 4) is 0 Å². The van der Waals surface area contributed by atoms with Gasteiger partial charge < -0.3 is 11.1 Å². The van der Waals surface area contributed by atoms with Crippen molar-refractivity contribution in [3.05, 3.63) is 17.2 Å². The van der Waals surface area contributed by atoms with Crippen molar-refractivity contribution in [3.63, 3.8) is 0 Å². The molecule has 1 aliphatic carbocycles. The van der Waals surface area contributed by atoms with Crippen molar-refractivity contribution in [2.75, 3.05) is 5.32 Å². The van der Waals surface area contributed by atoms with Crippen LogP contribution in [0.15, 0.2) is 12.1 Å². The molecule has 2 aromatic rings. The first kappa shape index (κ1) is 10.3. The number of aromatic nitrogens is 2. The first-order chi connectivity index (χ1) is 7.74. The van der Waals surface area contributed by atoms with Crippen LogP contribution in [0.3, 0.4) is 0 Å². The Labute approximate surface area is 102 Å². The molecule has 1 aromatic carbocycles. The molecule has 84 valence electrons. The molecule has 1 aromatic heterocycles. The van der Waals surface area contributed by atoms with Gasteiger partial charge in [0.15, 0.2) is 0 Å². The maximum atomic E-state index is 6.16. The number of halogens is 1. The second-order valence-electron chi connectivity index (χ2n) is 4.13. The lowest BCUT2D eigenvalue weighted by molar-refractivity contribution is 0.374. The molecule has 3 rings (SSSR count). The second kappa shape index (κ2) is 3.84. The molecule has 16 heavy (non-hydrogen) atoms. The first-order valence-electron chi connectivity index (χ1n) is 5.17. The van der Waals surface area contributed by atoms with E-state index in [1.165, 1.54) is 11.7 Å². The minimum absolute atomic E-state index is 0.323. The van der Waals surface area contributed by atoms with E-state index in [1.807, 2.05) is 12.1 Å². The van der Waals surface area contributed by atoms with E-state index in [4.69, 9.17) is 17.3 Å². The maximum absolute atomic E-state index is 6.16. The van der Waals surface area contributed by atoms with Gasteiger partial charge in [0.25, 0.3) is 0 Å². The maximum Gasteiger partial charge on any atom is 0.129 e. The highest BCUT2D eigenvalue weighted by Crippen LogP contribution is 2.33. The van der Waals surface area contributed by atoms with Crippen molar-refractivity contribution in [1.29, 1.82) is 0 Å². The van der Waals surface area contributed by atoms with Gasteiger partial charge in [0.2, 0.25) is 0 Å². The Morgan fingerprint density at radius 2 is 2.19 bits per heavy atom. The SMILES string of the molecule is NC1CC(Nc2c(Cl)ccc3nsnc23)C1. The Morgan fingerprint density at radius 3 is 2.94 bits per heavy atom. The number of nitrogens with one attached hydrogen (secondary N) is 1. The van der Waals surface area contributed by atoms with E-state index >= 15 is 0 Å². The van der Waals surface area contributed by atoms with Gasteiger partial charge in [-0.15, -0.1) is 0 Å². The molecular formula is C10H11ClN4S. The summed E-state index contributed by atoms with van der Waals surface area (Å²) in [6.45, 7) is 0. The number of nitrogens with two attached hydrogens (primary N) is 1. The third-order valence-electron chi connectivity index (χ3n) is 2.90. The summed E-state index contributed by atoms with van der Waals surface area (Å²) in [5, 5.41) is 4.09. The molecule has 1 aliphatic rings. The molecule has 0 saturated heterocycles. The van der Waals surface area contributed by atoms with Crippen LogP contribution in [0, 0.1) is 0 Å². The summed E-state index contributed by atoms with van der Waals surface area (Å²) in [5.41, 5.74) is 8.40. The van der Waals surface area contributed by atoms with Gasteiger partial charge in [-0.25, -0.2) is 0 Å². The minimum Gasteiger partial charge on any atom is -0.379 e. The first-order valence-corrected chi connectivity index (χ1v) is 6.28. The van der Waals surface area contributed by atoms with Crippen LogP contribution in [0.5, 0.6) is 0 Å². The van der Waals surface area contributed by atoms with Crippen LogP contribution in [-0.2, 0) is 0 Å². The summed E-state index contributed by atoms with van der Waals surface area (Å²) in [7, 11) is 0. The average Bonchev–Trinajstić information content (AvgIpc) is 2.67. The quantitative estimate of drug-likeness (QED) is 0.863. The Hall–Kier alpha value is -0.910. The number of hydrogen-bond donors (Lipinski definition) is 2. The third-order valence-corrected chi connectivity index (χ3v) is 3.76. The fourth-order valence-electron chi connectivity index (χ4n) is 1.95. The van der Waals surface area contributed by atoms with Gasteiger partial charge in [-0.3, -0.25) is 0 Å². The lowest BCUT2D eigenvalue weighted by Crippen LogP contribution is -2.44. The number of fused-ring (bicyclic) bond motifs is 1. The zero-order chi connectivity index (χ0) is 11.1. The van der Waals surface area contributed by atoms with Crippen LogP contribution in [0.1, 0.15) is 12.8 Å². The van der Waals surface area contributed by atoms with E-state index in [9.17, 15) is 0 Å². The lowest BCUT2D eigenvalue weighted by atomic mass is 9.87. The van der Waals surface area contributed by atoms with Gasteiger partial charge in [0.1, 0.15) is 11.0 Å². The van der Waals surface area contributed by atoms with E-state index in [2.05, 4.69) is 14.1 Å². The van der Waals surface area contributed by atoms with Crippen LogP contribution in [-0.4, -0.2) is 20.8 Å². The summed E-state index contributed by atoms with van der Waals surface area (Å²) in [4.78, 5) is 0. The van der Waals surface area contributed by atoms with Crippen molar-refractivity contribution in [2.45, 2.75) is 24.9 Å². The summed E-state index contributed by atoms with van der Waals surface area (Å²) < 4.78 is 8.46. The van der Waals surface area contributed by atoms with Gasteiger partial charge in [-0.05, 0) is 25.0 Å². The number of anilines is 1. The smallest absolute Gasteiger partial charge is 0.129 e. The minimum atomic E-state index is 0.323. The summed E-state index contributed by atoms with van der Waals surface area (Å²) in [5.74, 6) is 0. The lowest BCUT2D eigenvalue weighted by Gasteiger charge is -2.34. The highest BCUT2D eigenvalue weighted by molar-refractivity contribution is 7.00. The zero-order valence-electron chi connectivity index (χ0n) is 8.48. The Kier molecular flexibility index (Phi) is 2.46. The standard InChI is InChI=1S/C10H11ClN4S/c11-7-1-2-8-10(15-16-14-8)9(7)13-6-3-5(12)4-6/h1-2,5-6,13H,3-4,12H2. The molecule has 0 amide bonds. The number of rotatable bonds is 2. The predicted molar refractivity (Wildman–Crippen MR) is 67.0 cm³/mol. The van der Waals surface area contributed by atoms with Crippen molar-refractivity contribution < 1.29 is 0 Å². The fraction of sp³-hybridized carbons (Fsp3) is 0.400. The Balaban J connectivity index is 1.95. The van der Waals surface area contributed by atoms with Crippen LogP contribution < -0.4 is 11.1 Å². The van der Waals surface area contributed by atoms with E-state index < -0.39 is 0 Å². The Morgan fingerprint density at radius 1 is 1.38 bits per heavy atom. The molecule has 3 N–H and O–H groups in total. The summed E-state index contributed by atoms with van der Waals surface area (Å²) in [6.07, 6.45) is 1.98. The van der Waals surface area contributed by atoms with Crippen LogP contribution in [0.4, 0.5) is 5.69 Å². The zero-order valence-corrected chi connectivity index (χ0v) is 10.1. The molecule has 6 heteroatoms. The monoisotopic (exact) mass is 254 g/mol. The largest absolute Gasteiger partial charge is 0.379 e. The van der Waals surface area contributed by atoms with E-state index in [0.717, 1.165) is 29.6 Å². The Bertz CT molecular complexity index is 521. The topological polar surface area (TPSA) is 63.8 Å². The molecule has 1 fully saturated rings. The van der Waals surface area contributed by atoms with Gasteiger partial charge in [0.05, 0.1) is 22.4 Å². The normalized spacial score (nSPS) is 24.4. The van der Waals surface area contributed by atoms with E-state index in [0.29, 0.717) is 17.1 Å². The van der Waals surface area contributed by atoms with E-state index in [1.54, 1.807) is 0 Å². The molecule has 4 nitrogen and oxygen atoms in total. The molecule has 0 bridgehead atoms. The molecule has 1 heterocycles. The predicted octanol–water partition coefficient (Wildman–Crippen LogP) is 2.25. The molecule has 0 atom stereocenters. The van der Waals surface area contributed by atoms with Gasteiger partial charge in [-0.2, -0.15) is 8.75 Å². The molecule has 0 radical (unpaired) electrons. The highest BCUT2D eigenvalue weighted by Gasteiger charge is 2.27. The highest BCUT2D eigenvalue weighted by atomic mass is 35.5. The number of hydrogen-bond acceptors (Lipinski definition) is 5. The third kappa shape index (κ3) is 1.65. The average molecular weight is 255 g/mol. The van der Waals surface area contributed by atoms with E-state index in [-0.39, 0.29) is 0 Å². The van der Waals surface area contributed by atoms with Crippen LogP contribution >= 0.6 is 23.3 Å². The molecule has 0 unspecified atom stereocenters. The summed E-state index contributed by atoms with van der Waals surface area (Å²) in [6, 6.07) is 4.48. The number of benzene rings is 1. The molecule has 0 aliphatic heterocycles. The molecule has 1 saturated carbocycles. The van der Waals surface area contributed by atoms with Crippen molar-refractivity contribution in [1.82, 2.24) is 8.75 Å². The summed E-state index contributed by atoms with van der Waals surface area (Å²) >= 11 is 7.37. The van der Waals surface area contributed by atoms with Crippen LogP contribution in [0.2, 0.25) is 5.02 Å². The second-order valence-corrected chi connectivity index (χ2v) is 5.06. The van der Waals surface area contributed by atoms with Crippen LogP contribution in [0.25, 0.3) is 11.0 Å². The molecule has 0 spiro atoms.